The highest BCUT2D eigenvalue weighted by atomic mass is 16.6. The Labute approximate surface area is 157 Å². The molecule has 138 valence electrons. The highest BCUT2D eigenvalue weighted by Crippen LogP contribution is 2.35. The molecule has 0 atom stereocenters. The number of pyridine rings is 1. The monoisotopic (exact) mass is 363 g/mol. The summed E-state index contributed by atoms with van der Waals surface area (Å²) in [6.07, 6.45) is 4.59. The third-order valence-corrected chi connectivity index (χ3v) is 4.45. The molecule has 1 heterocycles. The van der Waals surface area contributed by atoms with Crippen LogP contribution in [-0.4, -0.2) is 15.7 Å². The number of anilines is 2. The fraction of sp³-hybridized carbons (Fsp3) is 0.238. The summed E-state index contributed by atoms with van der Waals surface area (Å²) in [7, 11) is 0. The van der Waals surface area contributed by atoms with E-state index in [1.54, 1.807) is 42.5 Å². The second-order valence-corrected chi connectivity index (χ2v) is 6.34. The van der Waals surface area contributed by atoms with Crippen molar-refractivity contribution >= 4 is 33.7 Å². The van der Waals surface area contributed by atoms with Crippen LogP contribution in [0.5, 0.6) is 0 Å². The Morgan fingerprint density at radius 1 is 1.11 bits per heavy atom. The van der Waals surface area contributed by atoms with Crippen LogP contribution in [0.15, 0.2) is 54.7 Å². The number of benzene rings is 2. The van der Waals surface area contributed by atoms with Crippen molar-refractivity contribution in [2.75, 3.05) is 5.32 Å². The van der Waals surface area contributed by atoms with Crippen LogP contribution in [0.25, 0.3) is 10.9 Å². The molecule has 0 bridgehead atoms. The van der Waals surface area contributed by atoms with Crippen LogP contribution in [0.2, 0.25) is 0 Å². The molecule has 0 saturated carbocycles. The Morgan fingerprint density at radius 2 is 1.85 bits per heavy atom. The Balaban J connectivity index is 2.02. The van der Waals surface area contributed by atoms with E-state index in [1.165, 1.54) is 6.20 Å². The molecule has 0 spiro atoms. The minimum absolute atomic E-state index is 0.0348. The molecule has 1 aromatic heterocycles. The van der Waals surface area contributed by atoms with E-state index >= 15 is 0 Å². The zero-order valence-electron chi connectivity index (χ0n) is 15.1. The molecule has 0 unspecified atom stereocenters. The molecule has 3 rings (SSSR count). The van der Waals surface area contributed by atoms with Gasteiger partial charge in [-0.3, -0.25) is 14.9 Å². The van der Waals surface area contributed by atoms with Gasteiger partial charge in [-0.1, -0.05) is 50.1 Å². The fourth-order valence-electron chi connectivity index (χ4n) is 3.04. The van der Waals surface area contributed by atoms with Gasteiger partial charge in [-0.15, -0.1) is 0 Å². The molecule has 6 nitrogen and oxygen atoms in total. The maximum Gasteiger partial charge on any atom is 0.311 e. The number of hydrogen-bond donors (Lipinski definition) is 1. The molecule has 1 N–H and O–H groups in total. The maximum atomic E-state index is 12.6. The van der Waals surface area contributed by atoms with Crippen molar-refractivity contribution in [1.82, 2.24) is 4.98 Å². The number of rotatable bonds is 8. The number of nitrogens with one attached hydrogen (secondary N) is 1. The molecule has 0 amide bonds. The van der Waals surface area contributed by atoms with Gasteiger partial charge in [0.05, 0.1) is 10.4 Å². The van der Waals surface area contributed by atoms with Gasteiger partial charge in [0.2, 0.25) is 0 Å². The first-order chi connectivity index (χ1) is 13.1. The molecule has 2 aromatic carbocycles. The number of unbranched alkanes of at least 4 members (excludes halogenated alkanes) is 2. The SMILES string of the molecule is CCCCCC(=O)c1ccccc1Nc1c([N+](=O)[O-])cnc2ccccc12. The lowest BCUT2D eigenvalue weighted by Crippen LogP contribution is -2.06. The summed E-state index contributed by atoms with van der Waals surface area (Å²) >= 11 is 0. The Bertz CT molecular complexity index is 985. The molecule has 0 radical (unpaired) electrons. The molecule has 0 aliphatic carbocycles. The lowest BCUT2D eigenvalue weighted by molar-refractivity contribution is -0.384. The first kappa shape index (κ1) is 18.5. The Morgan fingerprint density at radius 3 is 2.63 bits per heavy atom. The van der Waals surface area contributed by atoms with E-state index in [1.807, 2.05) is 6.07 Å². The third kappa shape index (κ3) is 4.11. The van der Waals surface area contributed by atoms with E-state index in [2.05, 4.69) is 17.2 Å². The van der Waals surface area contributed by atoms with E-state index in [0.717, 1.165) is 19.3 Å². The van der Waals surface area contributed by atoms with Gasteiger partial charge in [0.1, 0.15) is 11.9 Å². The second-order valence-electron chi connectivity index (χ2n) is 6.34. The van der Waals surface area contributed by atoms with E-state index in [9.17, 15) is 14.9 Å². The molecular formula is C21H21N3O3. The number of hydrogen-bond acceptors (Lipinski definition) is 5. The lowest BCUT2D eigenvalue weighted by atomic mass is 10.0. The smallest absolute Gasteiger partial charge is 0.311 e. The Kier molecular flexibility index (Phi) is 5.76. The predicted octanol–water partition coefficient (Wildman–Crippen LogP) is 5.65. The van der Waals surface area contributed by atoms with Crippen LogP contribution in [0, 0.1) is 10.1 Å². The average Bonchev–Trinajstić information content (AvgIpc) is 2.68. The summed E-state index contributed by atoms with van der Waals surface area (Å²) in [5.41, 5.74) is 1.99. The molecule has 3 aromatic rings. The molecule has 27 heavy (non-hydrogen) atoms. The second kappa shape index (κ2) is 8.40. The number of para-hydroxylation sites is 2. The standard InChI is InChI=1S/C21H21N3O3/c1-2-3-4-13-20(25)15-9-5-8-12-18(15)23-21-16-10-6-7-11-17(16)22-14-19(21)24(26)27/h5-12,14H,2-4,13H2,1H3,(H,22,23). The van der Waals surface area contributed by atoms with E-state index < -0.39 is 4.92 Å². The zero-order chi connectivity index (χ0) is 19.2. The number of aromatic nitrogens is 1. The summed E-state index contributed by atoms with van der Waals surface area (Å²) in [6.45, 7) is 2.09. The highest BCUT2D eigenvalue weighted by Gasteiger charge is 2.20. The molecule has 0 fully saturated rings. The van der Waals surface area contributed by atoms with E-state index in [0.29, 0.717) is 34.3 Å². The van der Waals surface area contributed by atoms with Crippen LogP contribution in [-0.2, 0) is 0 Å². The van der Waals surface area contributed by atoms with Crippen LogP contribution < -0.4 is 5.32 Å². The first-order valence-electron chi connectivity index (χ1n) is 9.03. The Hall–Kier alpha value is -3.28. The van der Waals surface area contributed by atoms with E-state index in [4.69, 9.17) is 0 Å². The zero-order valence-corrected chi connectivity index (χ0v) is 15.1. The van der Waals surface area contributed by atoms with Crippen molar-refractivity contribution in [3.8, 4) is 0 Å². The van der Waals surface area contributed by atoms with Crippen molar-refractivity contribution in [3.63, 3.8) is 0 Å². The minimum atomic E-state index is -0.465. The van der Waals surface area contributed by atoms with Crippen LogP contribution in [0.1, 0.15) is 43.0 Å². The summed E-state index contributed by atoms with van der Waals surface area (Å²) in [6, 6.07) is 14.3. The number of carbonyl (C=O) groups excluding carboxylic acids is 1. The minimum Gasteiger partial charge on any atom is -0.349 e. The van der Waals surface area contributed by atoms with Gasteiger partial charge in [-0.25, -0.2) is 4.98 Å². The largest absolute Gasteiger partial charge is 0.349 e. The number of carbonyl (C=O) groups is 1. The van der Waals surface area contributed by atoms with Gasteiger partial charge in [0.25, 0.3) is 0 Å². The quantitative estimate of drug-likeness (QED) is 0.242. The van der Waals surface area contributed by atoms with E-state index in [-0.39, 0.29) is 11.5 Å². The maximum absolute atomic E-state index is 12.6. The van der Waals surface area contributed by atoms with Crippen molar-refractivity contribution in [3.05, 3.63) is 70.4 Å². The summed E-state index contributed by atoms with van der Waals surface area (Å²) < 4.78 is 0. The number of nitrogens with zero attached hydrogens (tertiary/aromatic N) is 2. The summed E-state index contributed by atoms with van der Waals surface area (Å²) in [5.74, 6) is 0.0348. The molecule has 0 aliphatic heterocycles. The predicted molar refractivity (Wildman–Crippen MR) is 107 cm³/mol. The van der Waals surface area contributed by atoms with Gasteiger partial charge in [-0.05, 0) is 24.6 Å². The van der Waals surface area contributed by atoms with Crippen LogP contribution in [0.4, 0.5) is 17.1 Å². The van der Waals surface area contributed by atoms with Gasteiger partial charge in [0, 0.05) is 23.1 Å². The molecule has 6 heteroatoms. The summed E-state index contributed by atoms with van der Waals surface area (Å²) in [4.78, 5) is 27.8. The molecular weight excluding hydrogens is 342 g/mol. The number of Topliss-reactive ketones (excluding diaryl/α,β-unsaturated/α-hetero) is 1. The van der Waals surface area contributed by atoms with Crippen LogP contribution >= 0.6 is 0 Å². The van der Waals surface area contributed by atoms with Gasteiger partial charge in [0.15, 0.2) is 5.78 Å². The normalized spacial score (nSPS) is 10.7. The molecule has 0 aliphatic rings. The van der Waals surface area contributed by atoms with Gasteiger partial charge < -0.3 is 5.32 Å². The fourth-order valence-corrected chi connectivity index (χ4v) is 3.04. The van der Waals surface area contributed by atoms with Gasteiger partial charge >= 0.3 is 5.69 Å². The van der Waals surface area contributed by atoms with Crippen molar-refractivity contribution < 1.29 is 9.72 Å². The average molecular weight is 363 g/mol. The number of nitro groups is 1. The van der Waals surface area contributed by atoms with Crippen LogP contribution in [0.3, 0.4) is 0 Å². The highest BCUT2D eigenvalue weighted by molar-refractivity contribution is 6.04. The number of ketones is 1. The third-order valence-electron chi connectivity index (χ3n) is 4.45. The molecule has 0 saturated heterocycles. The lowest BCUT2D eigenvalue weighted by Gasteiger charge is -2.13. The first-order valence-corrected chi connectivity index (χ1v) is 9.03. The van der Waals surface area contributed by atoms with Crippen molar-refractivity contribution in [2.45, 2.75) is 32.6 Å². The number of fused-ring (bicyclic) bond motifs is 1. The van der Waals surface area contributed by atoms with Gasteiger partial charge in [-0.2, -0.15) is 0 Å². The van der Waals surface area contributed by atoms with Crippen molar-refractivity contribution in [1.29, 1.82) is 0 Å². The topological polar surface area (TPSA) is 85.1 Å². The van der Waals surface area contributed by atoms with Crippen molar-refractivity contribution in [2.24, 2.45) is 0 Å². The summed E-state index contributed by atoms with van der Waals surface area (Å²) in [5, 5.41) is 15.3.